The molecule has 0 amide bonds. The molecule has 0 spiro atoms. The van der Waals surface area contributed by atoms with Gasteiger partial charge in [0.2, 0.25) is 0 Å². The van der Waals surface area contributed by atoms with Crippen molar-refractivity contribution in [2.24, 2.45) is 0 Å². The molecule has 0 aromatic carbocycles. The molecule has 0 bridgehead atoms. The molecule has 0 unspecified atom stereocenters. The summed E-state index contributed by atoms with van der Waals surface area (Å²) in [5, 5.41) is 8.24. The van der Waals surface area contributed by atoms with Crippen molar-refractivity contribution < 1.29 is 9.90 Å². The molecule has 1 N–H and O–H groups in total. The van der Waals surface area contributed by atoms with Crippen molar-refractivity contribution in [3.63, 3.8) is 0 Å². The van der Waals surface area contributed by atoms with E-state index in [0.717, 1.165) is 0 Å². The highest BCUT2D eigenvalue weighted by molar-refractivity contribution is 5.68. The zero-order valence-electron chi connectivity index (χ0n) is 7.00. The lowest BCUT2D eigenvalue weighted by Gasteiger charge is -1.77. The molecule has 64 valence electrons. The standard InChI is InChI=1S/C11H8O2/c1-2-3-4-5-6-7-8-9-10-11(12)13/h3,8-9H,1,10H2,(H,12,13)/b9-8-. The van der Waals surface area contributed by atoms with Gasteiger partial charge in [0.05, 0.1) is 6.42 Å². The van der Waals surface area contributed by atoms with Gasteiger partial charge in [-0.1, -0.05) is 24.5 Å². The number of hydrogen-bond donors (Lipinski definition) is 1. The van der Waals surface area contributed by atoms with Gasteiger partial charge in [-0.3, -0.25) is 4.79 Å². The first-order chi connectivity index (χ1) is 6.27. The average Bonchev–Trinajstić information content (AvgIpc) is 2.09. The summed E-state index contributed by atoms with van der Waals surface area (Å²) in [6.45, 7) is 3.32. The van der Waals surface area contributed by atoms with Gasteiger partial charge >= 0.3 is 5.97 Å². The van der Waals surface area contributed by atoms with Crippen molar-refractivity contribution in [3.8, 4) is 23.7 Å². The van der Waals surface area contributed by atoms with Crippen LogP contribution in [-0.2, 0) is 4.79 Å². The minimum absolute atomic E-state index is 0.0192. The van der Waals surface area contributed by atoms with Gasteiger partial charge in [0.15, 0.2) is 0 Å². The summed E-state index contributed by atoms with van der Waals surface area (Å²) in [6, 6.07) is 0. The van der Waals surface area contributed by atoms with Gasteiger partial charge < -0.3 is 5.11 Å². The van der Waals surface area contributed by atoms with Crippen molar-refractivity contribution in [1.82, 2.24) is 0 Å². The predicted octanol–water partition coefficient (Wildman–Crippen LogP) is 1.37. The summed E-state index contributed by atoms with van der Waals surface area (Å²) in [4.78, 5) is 10.0. The van der Waals surface area contributed by atoms with E-state index in [-0.39, 0.29) is 6.42 Å². The summed E-state index contributed by atoms with van der Waals surface area (Å²) in [6.07, 6.45) is 4.35. The van der Waals surface area contributed by atoms with Crippen LogP contribution >= 0.6 is 0 Å². The van der Waals surface area contributed by atoms with Crippen LogP contribution in [0, 0.1) is 23.7 Å². The molecule has 0 aliphatic rings. The Kier molecular flexibility index (Phi) is 6.64. The summed E-state index contributed by atoms with van der Waals surface area (Å²) in [5.41, 5.74) is 2.47. The monoisotopic (exact) mass is 172 g/mol. The fourth-order valence-electron chi connectivity index (χ4n) is 0.420. The second kappa shape index (κ2) is 7.95. The van der Waals surface area contributed by atoms with Gasteiger partial charge in [-0.25, -0.2) is 0 Å². The van der Waals surface area contributed by atoms with Gasteiger partial charge in [-0.15, -0.1) is 5.73 Å². The summed E-state index contributed by atoms with van der Waals surface area (Å²) < 4.78 is 0. The highest BCUT2D eigenvalue weighted by atomic mass is 16.4. The van der Waals surface area contributed by atoms with Crippen LogP contribution in [0.5, 0.6) is 0 Å². The van der Waals surface area contributed by atoms with Crippen LogP contribution in [0.25, 0.3) is 0 Å². The first-order valence-electron chi connectivity index (χ1n) is 3.49. The summed E-state index contributed by atoms with van der Waals surface area (Å²) in [7, 11) is 0. The fourth-order valence-corrected chi connectivity index (χ4v) is 0.420. The van der Waals surface area contributed by atoms with E-state index in [1.165, 1.54) is 18.2 Å². The number of carboxylic acids is 1. The number of allylic oxidation sites excluding steroid dienone is 2. The summed E-state index contributed by atoms with van der Waals surface area (Å²) >= 11 is 0. The molecule has 2 nitrogen and oxygen atoms in total. The molecular formula is C11H8O2. The van der Waals surface area contributed by atoms with Gasteiger partial charge in [0, 0.05) is 6.08 Å². The quantitative estimate of drug-likeness (QED) is 0.504. The van der Waals surface area contributed by atoms with Crippen LogP contribution < -0.4 is 0 Å². The maximum atomic E-state index is 10.0. The van der Waals surface area contributed by atoms with Gasteiger partial charge in [-0.2, -0.15) is 0 Å². The van der Waals surface area contributed by atoms with E-state index < -0.39 is 5.97 Å². The van der Waals surface area contributed by atoms with Crippen LogP contribution in [0.15, 0.2) is 30.5 Å². The molecule has 13 heavy (non-hydrogen) atoms. The van der Waals surface area contributed by atoms with Crippen LogP contribution in [-0.4, -0.2) is 11.1 Å². The number of rotatable bonds is 2. The Hall–Kier alpha value is -2.15. The van der Waals surface area contributed by atoms with Crippen molar-refractivity contribution in [1.29, 1.82) is 0 Å². The van der Waals surface area contributed by atoms with Gasteiger partial charge in [-0.05, 0) is 17.9 Å². The average molecular weight is 172 g/mol. The van der Waals surface area contributed by atoms with Crippen LogP contribution in [0.1, 0.15) is 6.42 Å². The topological polar surface area (TPSA) is 37.3 Å². The zero-order chi connectivity index (χ0) is 9.94. The number of carboxylic acid groups (broad SMARTS) is 1. The number of aliphatic carboxylic acids is 1. The molecule has 0 heterocycles. The molecule has 0 aliphatic heterocycles. The first kappa shape index (κ1) is 10.9. The third-order valence-electron chi connectivity index (χ3n) is 0.875. The largest absolute Gasteiger partial charge is 0.481 e. The molecule has 2 heteroatoms. The Bertz CT molecular complexity index is 360. The van der Waals surface area contributed by atoms with E-state index in [2.05, 4.69) is 36.0 Å². The number of hydrogen-bond acceptors (Lipinski definition) is 1. The second-order valence-electron chi connectivity index (χ2n) is 1.89. The minimum Gasteiger partial charge on any atom is -0.481 e. The lowest BCUT2D eigenvalue weighted by atomic mass is 10.4. The maximum Gasteiger partial charge on any atom is 0.307 e. The van der Waals surface area contributed by atoms with Crippen molar-refractivity contribution in [2.45, 2.75) is 6.42 Å². The SMILES string of the molecule is C=C=CC#CC#C/C=C\CC(=O)O. The Morgan fingerprint density at radius 2 is 2.08 bits per heavy atom. The highest BCUT2D eigenvalue weighted by Gasteiger charge is 1.86. The molecule has 0 aliphatic carbocycles. The van der Waals surface area contributed by atoms with Gasteiger partial charge in [0.25, 0.3) is 0 Å². The molecule has 0 radical (unpaired) electrons. The minimum atomic E-state index is -0.876. The van der Waals surface area contributed by atoms with Crippen LogP contribution in [0.4, 0.5) is 0 Å². The molecule has 0 saturated heterocycles. The van der Waals surface area contributed by atoms with Crippen molar-refractivity contribution in [2.75, 3.05) is 0 Å². The number of carbonyl (C=O) groups is 1. The van der Waals surface area contributed by atoms with Gasteiger partial charge in [0.1, 0.15) is 0 Å². The smallest absolute Gasteiger partial charge is 0.307 e. The molecule has 0 aromatic rings. The van der Waals surface area contributed by atoms with Crippen molar-refractivity contribution >= 4 is 5.97 Å². The van der Waals surface area contributed by atoms with E-state index in [1.54, 1.807) is 0 Å². The molecule has 0 atom stereocenters. The van der Waals surface area contributed by atoms with E-state index in [9.17, 15) is 4.79 Å². The lowest BCUT2D eigenvalue weighted by molar-refractivity contribution is -0.135. The zero-order valence-corrected chi connectivity index (χ0v) is 7.00. The first-order valence-corrected chi connectivity index (χ1v) is 3.49. The molecule has 0 saturated carbocycles. The third kappa shape index (κ3) is 9.85. The molecule has 0 aromatic heterocycles. The Morgan fingerprint density at radius 1 is 1.38 bits per heavy atom. The van der Waals surface area contributed by atoms with Crippen LogP contribution in [0.2, 0.25) is 0 Å². The Labute approximate surface area is 77.3 Å². The Balaban J connectivity index is 3.88. The third-order valence-corrected chi connectivity index (χ3v) is 0.875. The highest BCUT2D eigenvalue weighted by Crippen LogP contribution is 1.80. The molecule has 0 fully saturated rings. The molecular weight excluding hydrogens is 164 g/mol. The van der Waals surface area contributed by atoms with E-state index in [4.69, 9.17) is 5.11 Å². The van der Waals surface area contributed by atoms with E-state index in [0.29, 0.717) is 0 Å². The van der Waals surface area contributed by atoms with Crippen LogP contribution in [0.3, 0.4) is 0 Å². The normalized spacial score (nSPS) is 7.38. The Morgan fingerprint density at radius 3 is 2.69 bits per heavy atom. The molecule has 0 rings (SSSR count). The summed E-state index contributed by atoms with van der Waals surface area (Å²) in [5.74, 6) is 9.26. The lowest BCUT2D eigenvalue weighted by Crippen LogP contribution is -1.89. The van der Waals surface area contributed by atoms with E-state index >= 15 is 0 Å². The fraction of sp³-hybridized carbons (Fsp3) is 0.0909. The second-order valence-corrected chi connectivity index (χ2v) is 1.89. The van der Waals surface area contributed by atoms with Crippen molar-refractivity contribution in [3.05, 3.63) is 30.5 Å². The van der Waals surface area contributed by atoms with E-state index in [1.807, 2.05) is 0 Å². The predicted molar refractivity (Wildman–Crippen MR) is 50.7 cm³/mol. The maximum absolute atomic E-state index is 10.0.